The summed E-state index contributed by atoms with van der Waals surface area (Å²) in [4.78, 5) is 17.3. The van der Waals surface area contributed by atoms with Crippen LogP contribution in [-0.2, 0) is 17.8 Å². The van der Waals surface area contributed by atoms with Crippen LogP contribution in [-0.4, -0.2) is 45.0 Å². The number of methoxy groups -OCH3 is 4. The number of carbonyl (C=O) groups is 1. The van der Waals surface area contributed by atoms with Crippen molar-refractivity contribution >= 4 is 28.1 Å². The maximum absolute atomic E-state index is 12.6. The fourth-order valence-corrected chi connectivity index (χ4v) is 4.16. The molecule has 204 valence electrons. The molecule has 0 spiro atoms. The average Bonchev–Trinajstić information content (AvgIpc) is 3.00. The summed E-state index contributed by atoms with van der Waals surface area (Å²) in [6.07, 6.45) is 2.09. The highest BCUT2D eigenvalue weighted by molar-refractivity contribution is 6.45. The molecule has 0 aliphatic heterocycles. The number of nitriles is 1. The minimum atomic E-state index is -0.599. The molecule has 10 nitrogen and oxygen atoms in total. The van der Waals surface area contributed by atoms with Gasteiger partial charge in [0.15, 0.2) is 23.0 Å². The second-order valence-electron chi connectivity index (χ2n) is 8.58. The molecular formula is C30H29N5O5. The van der Waals surface area contributed by atoms with Crippen molar-refractivity contribution in [3.63, 3.8) is 0 Å². The van der Waals surface area contributed by atoms with Crippen LogP contribution in [0.3, 0.4) is 0 Å². The van der Waals surface area contributed by atoms with Gasteiger partial charge in [0.2, 0.25) is 5.71 Å². The number of pyridine rings is 1. The van der Waals surface area contributed by atoms with Gasteiger partial charge in [-0.25, -0.2) is 0 Å². The maximum Gasteiger partial charge on any atom is 0.282 e. The third-order valence-corrected chi connectivity index (χ3v) is 6.22. The van der Waals surface area contributed by atoms with Gasteiger partial charge in [-0.15, -0.1) is 0 Å². The lowest BCUT2D eigenvalue weighted by Gasteiger charge is -2.16. The van der Waals surface area contributed by atoms with Gasteiger partial charge in [0, 0.05) is 30.6 Å². The Morgan fingerprint density at radius 1 is 0.900 bits per heavy atom. The predicted molar refractivity (Wildman–Crippen MR) is 152 cm³/mol. The standard InChI is InChI=1S/C30H29N5O5/c1-37-26-13-20-10-11-32-24(22(20)15-28(26)39-3)12-21-14-27(38-2)29(40-4)16-23(21)34-35-25(17-31)30(36)33-18-19-8-6-5-7-9-19/h5-11,13-16,34H,12,18H2,1-4H3,(H,33,36)/b35-25-. The molecule has 4 aromatic rings. The smallest absolute Gasteiger partial charge is 0.282 e. The van der Waals surface area contributed by atoms with Gasteiger partial charge >= 0.3 is 0 Å². The molecule has 0 bridgehead atoms. The topological polar surface area (TPSA) is 127 Å². The number of rotatable bonds is 11. The zero-order valence-electron chi connectivity index (χ0n) is 22.6. The number of ether oxygens (including phenoxy) is 4. The van der Waals surface area contributed by atoms with Gasteiger partial charge < -0.3 is 24.3 Å². The van der Waals surface area contributed by atoms with E-state index in [9.17, 15) is 10.1 Å². The Bertz CT molecular complexity index is 1580. The van der Waals surface area contributed by atoms with E-state index in [1.807, 2.05) is 54.6 Å². The molecule has 4 rings (SSSR count). The fraction of sp³-hybridized carbons (Fsp3) is 0.200. The molecule has 0 saturated carbocycles. The van der Waals surface area contributed by atoms with Crippen molar-refractivity contribution in [2.75, 3.05) is 33.9 Å². The Balaban J connectivity index is 1.67. The van der Waals surface area contributed by atoms with E-state index >= 15 is 0 Å². The molecule has 1 amide bonds. The van der Waals surface area contributed by atoms with Crippen LogP contribution in [0.25, 0.3) is 10.8 Å². The van der Waals surface area contributed by atoms with Crippen LogP contribution in [0.15, 0.2) is 72.0 Å². The van der Waals surface area contributed by atoms with Gasteiger partial charge in [0.25, 0.3) is 5.91 Å². The number of hydrogen-bond acceptors (Lipinski definition) is 9. The Morgan fingerprint density at radius 2 is 1.55 bits per heavy atom. The number of hydrogen-bond donors (Lipinski definition) is 2. The normalized spacial score (nSPS) is 10.9. The zero-order chi connectivity index (χ0) is 28.5. The van der Waals surface area contributed by atoms with E-state index < -0.39 is 5.91 Å². The predicted octanol–water partition coefficient (Wildman–Crippen LogP) is 4.47. The molecule has 0 aliphatic rings. The number of carbonyl (C=O) groups excluding carboxylic acids is 1. The monoisotopic (exact) mass is 539 g/mol. The highest BCUT2D eigenvalue weighted by atomic mass is 16.5. The number of amides is 1. The lowest BCUT2D eigenvalue weighted by molar-refractivity contribution is -0.114. The van der Waals surface area contributed by atoms with Crippen molar-refractivity contribution in [2.24, 2.45) is 5.10 Å². The Kier molecular flexibility index (Phi) is 8.99. The van der Waals surface area contributed by atoms with Crippen molar-refractivity contribution in [1.82, 2.24) is 10.3 Å². The van der Waals surface area contributed by atoms with E-state index in [1.54, 1.807) is 39.7 Å². The Hall–Kier alpha value is -5.30. The minimum Gasteiger partial charge on any atom is -0.493 e. The quantitative estimate of drug-likeness (QED) is 0.211. The minimum absolute atomic E-state index is 0.267. The summed E-state index contributed by atoms with van der Waals surface area (Å²) in [5.74, 6) is 1.56. The molecule has 0 saturated heterocycles. The number of nitrogens with one attached hydrogen (secondary N) is 2. The van der Waals surface area contributed by atoms with Crippen LogP contribution in [0.1, 0.15) is 16.8 Å². The number of benzene rings is 3. The Labute approximate surface area is 232 Å². The third kappa shape index (κ3) is 6.22. The van der Waals surface area contributed by atoms with Crippen LogP contribution >= 0.6 is 0 Å². The van der Waals surface area contributed by atoms with Crippen LogP contribution in [0.2, 0.25) is 0 Å². The first-order chi connectivity index (χ1) is 19.5. The first-order valence-electron chi connectivity index (χ1n) is 12.3. The van der Waals surface area contributed by atoms with Gasteiger partial charge in [0.05, 0.1) is 39.8 Å². The summed E-state index contributed by atoms with van der Waals surface area (Å²) < 4.78 is 21.9. The van der Waals surface area contributed by atoms with Crippen molar-refractivity contribution in [3.05, 3.63) is 83.7 Å². The fourth-order valence-electron chi connectivity index (χ4n) is 4.16. The average molecular weight is 540 g/mol. The second kappa shape index (κ2) is 13.0. The molecule has 0 unspecified atom stereocenters. The molecule has 40 heavy (non-hydrogen) atoms. The molecule has 3 aromatic carbocycles. The first-order valence-corrected chi connectivity index (χ1v) is 12.3. The van der Waals surface area contributed by atoms with Crippen molar-refractivity contribution in [2.45, 2.75) is 13.0 Å². The number of aromatic nitrogens is 1. The molecule has 0 aliphatic carbocycles. The number of hydrazone groups is 1. The molecule has 1 aromatic heterocycles. The van der Waals surface area contributed by atoms with Crippen molar-refractivity contribution < 1.29 is 23.7 Å². The molecule has 0 radical (unpaired) electrons. The summed E-state index contributed by atoms with van der Waals surface area (Å²) in [7, 11) is 6.24. The van der Waals surface area contributed by atoms with Crippen LogP contribution in [0.4, 0.5) is 5.69 Å². The van der Waals surface area contributed by atoms with Crippen molar-refractivity contribution in [1.29, 1.82) is 5.26 Å². The van der Waals surface area contributed by atoms with Gasteiger partial charge in [-0.05, 0) is 40.8 Å². The zero-order valence-corrected chi connectivity index (χ0v) is 22.6. The van der Waals surface area contributed by atoms with E-state index in [4.69, 9.17) is 18.9 Å². The number of anilines is 1. The summed E-state index contributed by atoms with van der Waals surface area (Å²) in [6.45, 7) is 0.267. The van der Waals surface area contributed by atoms with E-state index in [-0.39, 0.29) is 12.3 Å². The van der Waals surface area contributed by atoms with Gasteiger partial charge in [-0.3, -0.25) is 15.2 Å². The number of fused-ring (bicyclic) bond motifs is 1. The van der Waals surface area contributed by atoms with Gasteiger partial charge in [0.1, 0.15) is 6.07 Å². The molecule has 2 N–H and O–H groups in total. The van der Waals surface area contributed by atoms with Crippen molar-refractivity contribution in [3.8, 4) is 29.1 Å². The molecule has 0 fully saturated rings. The summed E-state index contributed by atoms with van der Waals surface area (Å²) >= 11 is 0. The molecular weight excluding hydrogens is 510 g/mol. The van der Waals surface area contributed by atoms with E-state index in [0.717, 1.165) is 27.6 Å². The first kappa shape index (κ1) is 27.7. The Morgan fingerprint density at radius 3 is 2.23 bits per heavy atom. The van der Waals surface area contributed by atoms with E-state index in [0.29, 0.717) is 35.1 Å². The summed E-state index contributed by atoms with van der Waals surface area (Å²) in [5, 5.41) is 18.2. The molecule has 0 atom stereocenters. The number of nitrogens with zero attached hydrogens (tertiary/aromatic N) is 3. The van der Waals surface area contributed by atoms with Gasteiger partial charge in [-0.1, -0.05) is 30.3 Å². The van der Waals surface area contributed by atoms with Crippen LogP contribution in [0, 0.1) is 11.3 Å². The SMILES string of the molecule is COc1cc(Cc2nccc3cc(OC)c(OC)cc23)c(N/N=C(/C#N)C(=O)NCc2ccccc2)cc1OC. The highest BCUT2D eigenvalue weighted by Crippen LogP contribution is 2.37. The molecule has 10 heteroatoms. The molecule has 1 heterocycles. The summed E-state index contributed by atoms with van der Waals surface area (Å²) in [5.41, 5.74) is 5.48. The largest absolute Gasteiger partial charge is 0.493 e. The van der Waals surface area contributed by atoms with E-state index in [2.05, 4.69) is 20.8 Å². The lowest BCUT2D eigenvalue weighted by Crippen LogP contribution is -2.30. The van der Waals surface area contributed by atoms with Crippen LogP contribution in [0.5, 0.6) is 23.0 Å². The van der Waals surface area contributed by atoms with Gasteiger partial charge in [-0.2, -0.15) is 10.4 Å². The van der Waals surface area contributed by atoms with Crippen LogP contribution < -0.4 is 29.7 Å². The van der Waals surface area contributed by atoms with E-state index in [1.165, 1.54) is 7.11 Å². The highest BCUT2D eigenvalue weighted by Gasteiger charge is 2.17. The second-order valence-corrected chi connectivity index (χ2v) is 8.58. The third-order valence-electron chi connectivity index (χ3n) is 6.22. The summed E-state index contributed by atoms with van der Waals surface area (Å²) in [6, 6.07) is 20.4. The lowest BCUT2D eigenvalue weighted by atomic mass is 10.0. The maximum atomic E-state index is 12.6.